The molecule has 0 aliphatic rings. The number of rotatable bonds is 4. The van der Waals surface area contributed by atoms with Crippen LogP contribution in [0, 0.1) is 6.92 Å². The highest BCUT2D eigenvalue weighted by atomic mass is 16.5. The largest absolute Gasteiger partial charge is 0.493 e. The first-order valence-electron chi connectivity index (χ1n) is 4.66. The smallest absolute Gasteiger partial charge is 0.203 e. The molecule has 0 unspecified atom stereocenters. The number of hydrogen-bond donors (Lipinski definition) is 1. The Hall–Kier alpha value is -1.58. The lowest BCUT2D eigenvalue weighted by molar-refractivity contribution is 0.323. The van der Waals surface area contributed by atoms with Crippen molar-refractivity contribution < 1.29 is 14.2 Å². The van der Waals surface area contributed by atoms with E-state index in [1.165, 1.54) is 0 Å². The van der Waals surface area contributed by atoms with E-state index in [0.717, 1.165) is 11.3 Å². The van der Waals surface area contributed by atoms with Crippen LogP contribution >= 0.6 is 0 Å². The van der Waals surface area contributed by atoms with E-state index in [4.69, 9.17) is 14.2 Å². The van der Waals surface area contributed by atoms with Crippen LogP contribution < -0.4 is 19.5 Å². The molecule has 0 radical (unpaired) electrons. The van der Waals surface area contributed by atoms with Crippen LogP contribution in [0.5, 0.6) is 17.2 Å². The third-order valence-corrected chi connectivity index (χ3v) is 2.35. The molecule has 0 heterocycles. The van der Waals surface area contributed by atoms with Gasteiger partial charge in [0.15, 0.2) is 11.5 Å². The Bertz CT molecular complexity index is 350. The molecule has 1 N–H and O–H groups in total. The monoisotopic (exact) mass is 211 g/mol. The summed E-state index contributed by atoms with van der Waals surface area (Å²) in [6.07, 6.45) is 0. The van der Waals surface area contributed by atoms with Crippen molar-refractivity contribution in [1.82, 2.24) is 0 Å². The van der Waals surface area contributed by atoms with Gasteiger partial charge in [-0.3, -0.25) is 0 Å². The fourth-order valence-electron chi connectivity index (χ4n) is 1.56. The van der Waals surface area contributed by atoms with E-state index in [2.05, 4.69) is 5.32 Å². The average molecular weight is 211 g/mol. The van der Waals surface area contributed by atoms with E-state index in [1.807, 2.05) is 20.0 Å². The van der Waals surface area contributed by atoms with Crippen molar-refractivity contribution >= 4 is 5.69 Å². The van der Waals surface area contributed by atoms with Gasteiger partial charge in [-0.15, -0.1) is 0 Å². The normalized spacial score (nSPS) is 9.67. The van der Waals surface area contributed by atoms with Crippen LogP contribution in [-0.4, -0.2) is 28.4 Å². The Labute approximate surface area is 90.1 Å². The van der Waals surface area contributed by atoms with Crippen LogP contribution in [0.4, 0.5) is 5.69 Å². The van der Waals surface area contributed by atoms with E-state index < -0.39 is 0 Å². The summed E-state index contributed by atoms with van der Waals surface area (Å²) in [5.41, 5.74) is 1.96. The standard InChI is InChI=1S/C11H17NO3/c1-7-8(12-2)6-9(13-3)11(15-5)10(7)14-4/h6,12H,1-5H3. The number of methoxy groups -OCH3 is 3. The van der Waals surface area contributed by atoms with E-state index in [9.17, 15) is 0 Å². The van der Waals surface area contributed by atoms with Gasteiger partial charge >= 0.3 is 0 Å². The van der Waals surface area contributed by atoms with Crippen molar-refractivity contribution in [3.05, 3.63) is 11.6 Å². The lowest BCUT2D eigenvalue weighted by Crippen LogP contribution is -2.00. The highest BCUT2D eigenvalue weighted by Gasteiger charge is 2.16. The Morgan fingerprint density at radius 3 is 2.00 bits per heavy atom. The molecule has 4 nitrogen and oxygen atoms in total. The molecule has 0 saturated heterocycles. The van der Waals surface area contributed by atoms with E-state index in [0.29, 0.717) is 17.2 Å². The van der Waals surface area contributed by atoms with Gasteiger partial charge in [-0.1, -0.05) is 0 Å². The van der Waals surface area contributed by atoms with Crippen molar-refractivity contribution in [3.63, 3.8) is 0 Å². The molecule has 0 saturated carbocycles. The summed E-state index contributed by atoms with van der Waals surface area (Å²) in [5, 5.41) is 3.08. The molecule has 1 rings (SSSR count). The van der Waals surface area contributed by atoms with Crippen LogP contribution in [0.3, 0.4) is 0 Å². The fourth-order valence-corrected chi connectivity index (χ4v) is 1.56. The maximum atomic E-state index is 5.31. The summed E-state index contributed by atoms with van der Waals surface area (Å²) in [4.78, 5) is 0. The molecule has 0 aliphatic heterocycles. The molecular weight excluding hydrogens is 194 g/mol. The highest BCUT2D eigenvalue weighted by Crippen LogP contribution is 2.43. The van der Waals surface area contributed by atoms with Crippen molar-refractivity contribution in [2.75, 3.05) is 33.7 Å². The Balaban J connectivity index is 3.43. The van der Waals surface area contributed by atoms with Crippen molar-refractivity contribution in [2.24, 2.45) is 0 Å². The summed E-state index contributed by atoms with van der Waals surface area (Å²) in [5.74, 6) is 1.97. The first kappa shape index (κ1) is 11.5. The fraction of sp³-hybridized carbons (Fsp3) is 0.455. The van der Waals surface area contributed by atoms with Crippen molar-refractivity contribution in [2.45, 2.75) is 6.92 Å². The minimum Gasteiger partial charge on any atom is -0.493 e. The van der Waals surface area contributed by atoms with Crippen molar-refractivity contribution in [3.8, 4) is 17.2 Å². The van der Waals surface area contributed by atoms with Crippen LogP contribution in [0.15, 0.2) is 6.07 Å². The number of anilines is 1. The van der Waals surface area contributed by atoms with Gasteiger partial charge in [-0.2, -0.15) is 0 Å². The molecule has 0 aliphatic carbocycles. The van der Waals surface area contributed by atoms with E-state index in [-0.39, 0.29) is 0 Å². The molecule has 0 bridgehead atoms. The van der Waals surface area contributed by atoms with E-state index >= 15 is 0 Å². The number of ether oxygens (including phenoxy) is 3. The maximum Gasteiger partial charge on any atom is 0.203 e. The van der Waals surface area contributed by atoms with Gasteiger partial charge in [-0.25, -0.2) is 0 Å². The number of benzene rings is 1. The second-order valence-electron chi connectivity index (χ2n) is 3.07. The van der Waals surface area contributed by atoms with Gasteiger partial charge in [0.25, 0.3) is 0 Å². The summed E-state index contributed by atoms with van der Waals surface area (Å²) >= 11 is 0. The predicted molar refractivity (Wildman–Crippen MR) is 60.4 cm³/mol. The molecule has 0 fully saturated rings. The topological polar surface area (TPSA) is 39.7 Å². The van der Waals surface area contributed by atoms with Crippen LogP contribution in [-0.2, 0) is 0 Å². The van der Waals surface area contributed by atoms with E-state index in [1.54, 1.807) is 21.3 Å². The summed E-state index contributed by atoms with van der Waals surface area (Å²) < 4.78 is 15.8. The van der Waals surface area contributed by atoms with Crippen LogP contribution in [0.1, 0.15) is 5.56 Å². The quantitative estimate of drug-likeness (QED) is 0.827. The minimum absolute atomic E-state index is 0.622. The third kappa shape index (κ3) is 1.93. The zero-order valence-corrected chi connectivity index (χ0v) is 9.80. The van der Waals surface area contributed by atoms with Crippen LogP contribution in [0.25, 0.3) is 0 Å². The zero-order valence-electron chi connectivity index (χ0n) is 9.80. The third-order valence-electron chi connectivity index (χ3n) is 2.35. The maximum absolute atomic E-state index is 5.31. The molecule has 15 heavy (non-hydrogen) atoms. The van der Waals surface area contributed by atoms with Gasteiger partial charge in [0.1, 0.15) is 0 Å². The first-order chi connectivity index (χ1) is 7.19. The second-order valence-corrected chi connectivity index (χ2v) is 3.07. The second kappa shape index (κ2) is 4.77. The lowest BCUT2D eigenvalue weighted by Gasteiger charge is -2.17. The van der Waals surface area contributed by atoms with Crippen LogP contribution in [0.2, 0.25) is 0 Å². The molecule has 0 amide bonds. The van der Waals surface area contributed by atoms with Gasteiger partial charge in [0, 0.05) is 24.4 Å². The molecule has 0 aromatic heterocycles. The molecule has 0 atom stereocenters. The molecule has 1 aromatic rings. The molecule has 1 aromatic carbocycles. The average Bonchev–Trinajstić information content (AvgIpc) is 2.28. The highest BCUT2D eigenvalue weighted by molar-refractivity contribution is 5.68. The molecular formula is C11H17NO3. The first-order valence-corrected chi connectivity index (χ1v) is 4.66. The zero-order chi connectivity index (χ0) is 11.4. The minimum atomic E-state index is 0.622. The SMILES string of the molecule is CNc1cc(OC)c(OC)c(OC)c1C. The Morgan fingerprint density at radius 2 is 1.60 bits per heavy atom. The summed E-state index contributed by atoms with van der Waals surface area (Å²) in [7, 11) is 6.67. The molecule has 84 valence electrons. The lowest BCUT2D eigenvalue weighted by atomic mass is 10.1. The van der Waals surface area contributed by atoms with Gasteiger partial charge in [-0.05, 0) is 6.92 Å². The summed E-state index contributed by atoms with van der Waals surface area (Å²) in [6, 6.07) is 1.89. The van der Waals surface area contributed by atoms with Gasteiger partial charge < -0.3 is 19.5 Å². The summed E-state index contributed by atoms with van der Waals surface area (Å²) in [6.45, 7) is 1.96. The van der Waals surface area contributed by atoms with Gasteiger partial charge in [0.05, 0.1) is 21.3 Å². The molecule has 0 spiro atoms. The van der Waals surface area contributed by atoms with Crippen molar-refractivity contribution in [1.29, 1.82) is 0 Å². The number of nitrogens with one attached hydrogen (secondary N) is 1. The predicted octanol–water partition coefficient (Wildman–Crippen LogP) is 2.06. The molecule has 4 heteroatoms. The van der Waals surface area contributed by atoms with Gasteiger partial charge in [0.2, 0.25) is 5.75 Å². The number of hydrogen-bond acceptors (Lipinski definition) is 4. The Kier molecular flexibility index (Phi) is 3.66. The Morgan fingerprint density at radius 1 is 1.00 bits per heavy atom.